The number of benzene rings is 1. The van der Waals surface area contributed by atoms with Crippen LogP contribution in [-0.2, 0) is 0 Å². The zero-order valence-corrected chi connectivity index (χ0v) is 11.5. The molecule has 1 saturated heterocycles. The van der Waals surface area contributed by atoms with Gasteiger partial charge >= 0.3 is 0 Å². The number of rotatable bonds is 7. The third kappa shape index (κ3) is 4.11. The third-order valence-electron chi connectivity index (χ3n) is 3.64. The average Bonchev–Trinajstić information content (AvgIpc) is 2.87. The Bertz CT molecular complexity index is 383. The maximum absolute atomic E-state index is 8.94. The van der Waals surface area contributed by atoms with Crippen LogP contribution in [0.25, 0.3) is 0 Å². The fourth-order valence-corrected chi connectivity index (χ4v) is 2.56. The highest BCUT2D eigenvalue weighted by molar-refractivity contribution is 5.39. The number of nitrogens with zero attached hydrogens (tertiary/aromatic N) is 1. The molecular weight excluding hydrogens is 242 g/mol. The Hall–Kier alpha value is -1.26. The molecule has 0 spiro atoms. The van der Waals surface area contributed by atoms with Gasteiger partial charge in [0.15, 0.2) is 11.5 Å². The van der Waals surface area contributed by atoms with Crippen molar-refractivity contribution in [2.45, 2.75) is 12.8 Å². The Balaban J connectivity index is 1.72. The van der Waals surface area contributed by atoms with Gasteiger partial charge in [0, 0.05) is 19.7 Å². The van der Waals surface area contributed by atoms with Crippen LogP contribution < -0.4 is 9.47 Å². The first kappa shape index (κ1) is 14.2. The van der Waals surface area contributed by atoms with Crippen molar-refractivity contribution in [3.8, 4) is 11.5 Å². The minimum atomic E-state index is 0.302. The summed E-state index contributed by atoms with van der Waals surface area (Å²) in [7, 11) is 1.65. The average molecular weight is 265 g/mol. The van der Waals surface area contributed by atoms with E-state index in [0.29, 0.717) is 19.1 Å². The molecule has 1 N–H and O–H groups in total. The Morgan fingerprint density at radius 3 is 2.84 bits per heavy atom. The molecule has 0 aromatic heterocycles. The topological polar surface area (TPSA) is 41.9 Å². The van der Waals surface area contributed by atoms with Crippen LogP contribution in [0.15, 0.2) is 24.3 Å². The van der Waals surface area contributed by atoms with E-state index >= 15 is 0 Å². The lowest BCUT2D eigenvalue weighted by atomic mass is 10.1. The number of ether oxygens (including phenoxy) is 2. The molecular formula is C15H23NO3. The minimum absolute atomic E-state index is 0.302. The van der Waals surface area contributed by atoms with Crippen molar-refractivity contribution in [3.05, 3.63) is 24.3 Å². The molecule has 4 heteroatoms. The van der Waals surface area contributed by atoms with Crippen LogP contribution in [0.1, 0.15) is 12.8 Å². The first-order chi connectivity index (χ1) is 9.33. The van der Waals surface area contributed by atoms with Crippen LogP contribution in [0.4, 0.5) is 0 Å². The van der Waals surface area contributed by atoms with Gasteiger partial charge in [-0.05, 0) is 37.4 Å². The van der Waals surface area contributed by atoms with Crippen molar-refractivity contribution in [1.29, 1.82) is 0 Å². The van der Waals surface area contributed by atoms with Crippen LogP contribution in [-0.4, -0.2) is 50.0 Å². The van der Waals surface area contributed by atoms with Gasteiger partial charge in [-0.2, -0.15) is 0 Å². The van der Waals surface area contributed by atoms with E-state index in [2.05, 4.69) is 4.90 Å². The summed E-state index contributed by atoms with van der Waals surface area (Å²) in [6.45, 7) is 4.10. The summed E-state index contributed by atoms with van der Waals surface area (Å²) >= 11 is 0. The minimum Gasteiger partial charge on any atom is -0.493 e. The fraction of sp³-hybridized carbons (Fsp3) is 0.600. The van der Waals surface area contributed by atoms with Crippen LogP contribution in [0.5, 0.6) is 11.5 Å². The molecule has 4 nitrogen and oxygen atoms in total. The molecule has 0 saturated carbocycles. The summed E-state index contributed by atoms with van der Waals surface area (Å²) in [6, 6.07) is 7.72. The van der Waals surface area contributed by atoms with Gasteiger partial charge in [-0.15, -0.1) is 0 Å². The van der Waals surface area contributed by atoms with Gasteiger partial charge in [-0.1, -0.05) is 12.1 Å². The van der Waals surface area contributed by atoms with Gasteiger partial charge in [0.2, 0.25) is 0 Å². The number of methoxy groups -OCH3 is 1. The van der Waals surface area contributed by atoms with Gasteiger partial charge in [-0.3, -0.25) is 4.90 Å². The molecule has 1 aliphatic heterocycles. The van der Waals surface area contributed by atoms with Crippen LogP contribution >= 0.6 is 0 Å². The lowest BCUT2D eigenvalue weighted by Gasteiger charge is -2.17. The first-order valence-corrected chi connectivity index (χ1v) is 6.92. The smallest absolute Gasteiger partial charge is 0.161 e. The van der Waals surface area contributed by atoms with E-state index in [1.807, 2.05) is 24.3 Å². The molecule has 1 aromatic carbocycles. The second-order valence-electron chi connectivity index (χ2n) is 4.97. The van der Waals surface area contributed by atoms with Crippen molar-refractivity contribution >= 4 is 0 Å². The fourth-order valence-electron chi connectivity index (χ4n) is 2.56. The molecule has 0 radical (unpaired) electrons. The molecule has 1 unspecified atom stereocenters. The van der Waals surface area contributed by atoms with Crippen molar-refractivity contribution in [3.63, 3.8) is 0 Å². The molecule has 0 bridgehead atoms. The molecule has 1 heterocycles. The second kappa shape index (κ2) is 7.36. The maximum Gasteiger partial charge on any atom is 0.161 e. The number of aliphatic hydroxyl groups is 1. The van der Waals surface area contributed by atoms with E-state index in [4.69, 9.17) is 14.6 Å². The zero-order chi connectivity index (χ0) is 13.5. The normalized spacial score (nSPS) is 19.6. The van der Waals surface area contributed by atoms with Crippen molar-refractivity contribution < 1.29 is 14.6 Å². The second-order valence-corrected chi connectivity index (χ2v) is 4.97. The van der Waals surface area contributed by atoms with Crippen molar-refractivity contribution in [1.82, 2.24) is 4.90 Å². The van der Waals surface area contributed by atoms with E-state index in [9.17, 15) is 0 Å². The standard InChI is InChI=1S/C15H23NO3/c1-18-14-4-2-3-5-15(14)19-11-9-16-8-6-13(12-16)7-10-17/h2-5,13,17H,6-12H2,1H3. The van der Waals surface area contributed by atoms with Crippen molar-refractivity contribution in [2.24, 2.45) is 5.92 Å². The Labute approximate surface area is 114 Å². The maximum atomic E-state index is 8.94. The number of hydrogen-bond acceptors (Lipinski definition) is 4. The Morgan fingerprint density at radius 2 is 2.11 bits per heavy atom. The molecule has 19 heavy (non-hydrogen) atoms. The molecule has 1 atom stereocenters. The zero-order valence-electron chi connectivity index (χ0n) is 11.5. The molecule has 1 aliphatic rings. The largest absolute Gasteiger partial charge is 0.493 e. The predicted octanol–water partition coefficient (Wildman–Crippen LogP) is 1.78. The summed E-state index contributed by atoms with van der Waals surface area (Å²) in [5, 5.41) is 8.94. The predicted molar refractivity (Wildman–Crippen MR) is 74.7 cm³/mol. The van der Waals surface area contributed by atoms with Gasteiger partial charge in [0.1, 0.15) is 6.61 Å². The van der Waals surface area contributed by atoms with E-state index in [1.54, 1.807) is 7.11 Å². The molecule has 2 rings (SSSR count). The van der Waals surface area contributed by atoms with E-state index < -0.39 is 0 Å². The molecule has 0 amide bonds. The summed E-state index contributed by atoms with van der Waals surface area (Å²) in [5.74, 6) is 2.23. The van der Waals surface area contributed by atoms with Crippen LogP contribution in [0.2, 0.25) is 0 Å². The molecule has 0 aliphatic carbocycles. The summed E-state index contributed by atoms with van der Waals surface area (Å²) in [5.41, 5.74) is 0. The lowest BCUT2D eigenvalue weighted by molar-refractivity contribution is 0.218. The lowest BCUT2D eigenvalue weighted by Crippen LogP contribution is -2.26. The van der Waals surface area contributed by atoms with Crippen LogP contribution in [0, 0.1) is 5.92 Å². The number of hydrogen-bond donors (Lipinski definition) is 1. The first-order valence-electron chi connectivity index (χ1n) is 6.92. The quantitative estimate of drug-likeness (QED) is 0.816. The Kier molecular flexibility index (Phi) is 5.48. The van der Waals surface area contributed by atoms with Crippen molar-refractivity contribution in [2.75, 3.05) is 40.0 Å². The highest BCUT2D eigenvalue weighted by Gasteiger charge is 2.21. The highest BCUT2D eigenvalue weighted by atomic mass is 16.5. The van der Waals surface area contributed by atoms with E-state index in [0.717, 1.165) is 37.6 Å². The molecule has 106 valence electrons. The monoisotopic (exact) mass is 265 g/mol. The number of aliphatic hydroxyl groups excluding tert-OH is 1. The van der Waals surface area contributed by atoms with Gasteiger partial charge < -0.3 is 14.6 Å². The van der Waals surface area contributed by atoms with E-state index in [1.165, 1.54) is 6.42 Å². The molecule has 1 fully saturated rings. The summed E-state index contributed by atoms with van der Waals surface area (Å²) < 4.78 is 11.0. The SMILES string of the molecule is COc1ccccc1OCCN1CCC(CCO)C1. The number of para-hydroxylation sites is 2. The number of likely N-dealkylation sites (tertiary alicyclic amines) is 1. The Morgan fingerprint density at radius 1 is 1.32 bits per heavy atom. The van der Waals surface area contributed by atoms with Crippen LogP contribution in [0.3, 0.4) is 0 Å². The van der Waals surface area contributed by atoms with Gasteiger partial charge in [0.25, 0.3) is 0 Å². The van der Waals surface area contributed by atoms with Gasteiger partial charge in [-0.25, -0.2) is 0 Å². The summed E-state index contributed by atoms with van der Waals surface area (Å²) in [4.78, 5) is 2.40. The van der Waals surface area contributed by atoms with E-state index in [-0.39, 0.29) is 0 Å². The molecule has 1 aromatic rings. The van der Waals surface area contributed by atoms with Gasteiger partial charge in [0.05, 0.1) is 7.11 Å². The third-order valence-corrected chi connectivity index (χ3v) is 3.64. The highest BCUT2D eigenvalue weighted by Crippen LogP contribution is 2.26. The summed E-state index contributed by atoms with van der Waals surface area (Å²) in [6.07, 6.45) is 2.11.